The largest absolute Gasteiger partial charge is 0.497 e. The first-order chi connectivity index (χ1) is 12.0. The van der Waals surface area contributed by atoms with Crippen LogP contribution in [0.3, 0.4) is 0 Å². The highest BCUT2D eigenvalue weighted by atomic mass is 16.5. The van der Waals surface area contributed by atoms with Gasteiger partial charge < -0.3 is 14.6 Å². The average Bonchev–Trinajstić information content (AvgIpc) is 3.21. The topological polar surface area (TPSA) is 80.5 Å². The minimum absolute atomic E-state index is 0.0289. The SMILES string of the molecule is COc1ccc(C(=O)N[C@H]2C[C@H](c3nc(C(C)C)no3)N(C)C2)cc1. The Morgan fingerprint density at radius 3 is 2.68 bits per heavy atom. The number of hydrogen-bond acceptors (Lipinski definition) is 6. The second-order valence-corrected chi connectivity index (χ2v) is 6.74. The van der Waals surface area contributed by atoms with Crippen molar-refractivity contribution in [3.63, 3.8) is 0 Å². The zero-order valence-electron chi connectivity index (χ0n) is 15.0. The maximum absolute atomic E-state index is 12.4. The molecule has 1 amide bonds. The quantitative estimate of drug-likeness (QED) is 0.897. The van der Waals surface area contributed by atoms with E-state index in [9.17, 15) is 4.79 Å². The Bertz CT molecular complexity index is 726. The molecule has 0 bridgehead atoms. The minimum atomic E-state index is -0.0879. The van der Waals surface area contributed by atoms with Gasteiger partial charge in [-0.2, -0.15) is 4.98 Å². The lowest BCUT2D eigenvalue weighted by Crippen LogP contribution is -2.36. The summed E-state index contributed by atoms with van der Waals surface area (Å²) in [6, 6.07) is 7.16. The summed E-state index contributed by atoms with van der Waals surface area (Å²) in [6.07, 6.45) is 0.748. The molecule has 1 aromatic carbocycles. The van der Waals surface area contributed by atoms with E-state index in [1.807, 2.05) is 20.9 Å². The van der Waals surface area contributed by atoms with E-state index in [1.165, 1.54) is 0 Å². The average molecular weight is 344 g/mol. The van der Waals surface area contributed by atoms with E-state index in [1.54, 1.807) is 31.4 Å². The maximum Gasteiger partial charge on any atom is 0.251 e. The smallest absolute Gasteiger partial charge is 0.251 e. The molecule has 25 heavy (non-hydrogen) atoms. The summed E-state index contributed by atoms with van der Waals surface area (Å²) < 4.78 is 10.5. The molecular formula is C18H24N4O3. The molecule has 0 aliphatic carbocycles. The van der Waals surface area contributed by atoms with Crippen molar-refractivity contribution >= 4 is 5.91 Å². The Balaban J connectivity index is 1.63. The van der Waals surface area contributed by atoms with Gasteiger partial charge in [0.15, 0.2) is 5.82 Å². The predicted octanol–water partition coefficient (Wildman–Crippen LogP) is 2.38. The van der Waals surface area contributed by atoms with Gasteiger partial charge in [-0.15, -0.1) is 0 Å². The number of hydrogen-bond donors (Lipinski definition) is 1. The van der Waals surface area contributed by atoms with E-state index in [0.29, 0.717) is 17.3 Å². The van der Waals surface area contributed by atoms with Gasteiger partial charge in [0.05, 0.1) is 13.2 Å². The van der Waals surface area contributed by atoms with Gasteiger partial charge in [-0.1, -0.05) is 19.0 Å². The third-order valence-electron chi connectivity index (χ3n) is 4.49. The molecule has 3 rings (SSSR count). The van der Waals surface area contributed by atoms with E-state index in [-0.39, 0.29) is 23.9 Å². The van der Waals surface area contributed by atoms with E-state index in [0.717, 1.165) is 18.7 Å². The molecule has 1 saturated heterocycles. The highest BCUT2D eigenvalue weighted by molar-refractivity contribution is 5.94. The number of likely N-dealkylation sites (N-methyl/N-ethyl adjacent to an activating group) is 1. The van der Waals surface area contributed by atoms with Gasteiger partial charge in [0.2, 0.25) is 5.89 Å². The Kier molecular flexibility index (Phi) is 5.03. The van der Waals surface area contributed by atoms with Crippen LogP contribution in [0.2, 0.25) is 0 Å². The van der Waals surface area contributed by atoms with Crippen molar-refractivity contribution in [1.29, 1.82) is 0 Å². The summed E-state index contributed by atoms with van der Waals surface area (Å²) in [7, 11) is 3.61. The van der Waals surface area contributed by atoms with Gasteiger partial charge >= 0.3 is 0 Å². The number of amides is 1. The predicted molar refractivity (Wildman–Crippen MR) is 92.6 cm³/mol. The van der Waals surface area contributed by atoms with Gasteiger partial charge in [-0.05, 0) is 37.7 Å². The molecule has 0 saturated carbocycles. The van der Waals surface area contributed by atoms with Crippen molar-refractivity contribution in [3.05, 3.63) is 41.5 Å². The lowest BCUT2D eigenvalue weighted by molar-refractivity contribution is 0.0938. The zero-order chi connectivity index (χ0) is 18.0. The Morgan fingerprint density at radius 2 is 2.08 bits per heavy atom. The molecule has 0 spiro atoms. The van der Waals surface area contributed by atoms with Crippen LogP contribution in [0.4, 0.5) is 0 Å². The van der Waals surface area contributed by atoms with E-state index >= 15 is 0 Å². The molecule has 1 fully saturated rings. The molecular weight excluding hydrogens is 320 g/mol. The van der Waals surface area contributed by atoms with E-state index in [2.05, 4.69) is 20.4 Å². The minimum Gasteiger partial charge on any atom is -0.497 e. The van der Waals surface area contributed by atoms with E-state index < -0.39 is 0 Å². The lowest BCUT2D eigenvalue weighted by Gasteiger charge is -2.14. The normalized spacial score (nSPS) is 20.8. The number of carbonyl (C=O) groups excluding carboxylic acids is 1. The van der Waals surface area contributed by atoms with Gasteiger partial charge in [-0.25, -0.2) is 0 Å². The maximum atomic E-state index is 12.4. The number of ether oxygens (including phenoxy) is 1. The summed E-state index contributed by atoms with van der Waals surface area (Å²) >= 11 is 0. The number of aromatic nitrogens is 2. The van der Waals surface area contributed by atoms with Gasteiger partial charge in [-0.3, -0.25) is 9.69 Å². The van der Waals surface area contributed by atoms with E-state index in [4.69, 9.17) is 9.26 Å². The van der Waals surface area contributed by atoms with Crippen LogP contribution in [0.5, 0.6) is 5.75 Å². The molecule has 0 unspecified atom stereocenters. The Morgan fingerprint density at radius 1 is 1.36 bits per heavy atom. The van der Waals surface area contributed by atoms with Crippen molar-refractivity contribution in [2.45, 2.75) is 38.3 Å². The highest BCUT2D eigenvalue weighted by Crippen LogP contribution is 2.30. The number of carbonyl (C=O) groups is 1. The lowest BCUT2D eigenvalue weighted by atomic mass is 10.1. The summed E-state index contributed by atoms with van der Waals surface area (Å²) in [5.74, 6) is 2.21. The first-order valence-electron chi connectivity index (χ1n) is 8.46. The van der Waals surface area contributed by atoms with Crippen molar-refractivity contribution in [2.24, 2.45) is 0 Å². The third kappa shape index (κ3) is 3.82. The molecule has 1 aliphatic heterocycles. The highest BCUT2D eigenvalue weighted by Gasteiger charge is 2.35. The first kappa shape index (κ1) is 17.4. The van der Waals surface area contributed by atoms with Crippen LogP contribution in [0.1, 0.15) is 54.3 Å². The Labute approximate surface area is 147 Å². The van der Waals surface area contributed by atoms with Gasteiger partial charge in [0.25, 0.3) is 5.91 Å². The molecule has 7 heteroatoms. The van der Waals surface area contributed by atoms with Crippen LogP contribution >= 0.6 is 0 Å². The molecule has 7 nitrogen and oxygen atoms in total. The molecule has 1 aromatic heterocycles. The van der Waals surface area contributed by atoms with Crippen LogP contribution in [0, 0.1) is 0 Å². The zero-order valence-corrected chi connectivity index (χ0v) is 15.0. The fourth-order valence-corrected chi connectivity index (χ4v) is 3.02. The van der Waals surface area contributed by atoms with Crippen molar-refractivity contribution < 1.29 is 14.1 Å². The first-order valence-corrected chi connectivity index (χ1v) is 8.46. The fourth-order valence-electron chi connectivity index (χ4n) is 3.02. The molecule has 2 atom stereocenters. The van der Waals surface area contributed by atoms with Crippen LogP contribution < -0.4 is 10.1 Å². The molecule has 1 aliphatic rings. The summed E-state index contributed by atoms with van der Waals surface area (Å²) in [5, 5.41) is 7.11. The number of rotatable bonds is 5. The second kappa shape index (κ2) is 7.23. The number of nitrogens with zero attached hydrogens (tertiary/aromatic N) is 3. The van der Waals surface area contributed by atoms with Crippen LogP contribution in [0.15, 0.2) is 28.8 Å². The number of benzene rings is 1. The van der Waals surface area contributed by atoms with Crippen molar-refractivity contribution in [2.75, 3.05) is 20.7 Å². The number of likely N-dealkylation sites (tertiary alicyclic amines) is 1. The standard InChI is InChI=1S/C18H24N4O3/c1-11(2)16-20-18(25-21-16)15-9-13(10-22(15)3)19-17(23)12-5-7-14(24-4)8-6-12/h5-8,11,13,15H,9-10H2,1-4H3,(H,19,23)/t13-,15+/m0/s1. The van der Waals surface area contributed by atoms with Crippen LogP contribution in [-0.4, -0.2) is 47.7 Å². The monoisotopic (exact) mass is 344 g/mol. The van der Waals surface area contributed by atoms with Crippen LogP contribution in [0.25, 0.3) is 0 Å². The molecule has 2 aromatic rings. The second-order valence-electron chi connectivity index (χ2n) is 6.74. The van der Waals surface area contributed by atoms with Gasteiger partial charge in [0.1, 0.15) is 5.75 Å². The van der Waals surface area contributed by atoms with Crippen molar-refractivity contribution in [3.8, 4) is 5.75 Å². The third-order valence-corrected chi connectivity index (χ3v) is 4.49. The molecule has 0 radical (unpaired) electrons. The number of nitrogens with one attached hydrogen (secondary N) is 1. The fraction of sp³-hybridized carbons (Fsp3) is 0.500. The summed E-state index contributed by atoms with van der Waals surface area (Å²) in [4.78, 5) is 19.0. The number of methoxy groups -OCH3 is 1. The molecule has 1 N–H and O–H groups in total. The van der Waals surface area contributed by atoms with Crippen LogP contribution in [-0.2, 0) is 0 Å². The van der Waals surface area contributed by atoms with Gasteiger partial charge in [0, 0.05) is 24.1 Å². The molecule has 2 heterocycles. The molecule has 134 valence electrons. The Hall–Kier alpha value is -2.41. The summed E-state index contributed by atoms with van der Waals surface area (Å²) in [5.41, 5.74) is 0.617. The summed E-state index contributed by atoms with van der Waals surface area (Å²) in [6.45, 7) is 4.81. The van der Waals surface area contributed by atoms with Crippen molar-refractivity contribution in [1.82, 2.24) is 20.4 Å².